The first-order valence-electron chi connectivity index (χ1n) is 11.2. The maximum Gasteiger partial charge on any atom is 0.255 e. The number of nitrogens with zero attached hydrogens (tertiary/aromatic N) is 4. The Kier molecular flexibility index (Phi) is 5.08. The van der Waals surface area contributed by atoms with Crippen LogP contribution < -0.4 is 0 Å². The van der Waals surface area contributed by atoms with Crippen LogP contribution in [0.1, 0.15) is 70.8 Å². The molecule has 3 heterocycles. The summed E-state index contributed by atoms with van der Waals surface area (Å²) in [6.07, 6.45) is 4.21. The second-order valence-electron chi connectivity index (χ2n) is 9.03. The summed E-state index contributed by atoms with van der Waals surface area (Å²) in [7, 11) is 0. The van der Waals surface area contributed by atoms with Crippen molar-refractivity contribution in [3.05, 3.63) is 63.4 Å². The Morgan fingerprint density at radius 1 is 1.03 bits per heavy atom. The zero-order valence-corrected chi connectivity index (χ0v) is 19.2. The average Bonchev–Trinajstić information content (AvgIpc) is 3.45. The summed E-state index contributed by atoms with van der Waals surface area (Å²) in [4.78, 5) is 15.6. The van der Waals surface area contributed by atoms with E-state index in [1.807, 2.05) is 17.9 Å². The Labute approximate surface area is 187 Å². The van der Waals surface area contributed by atoms with Gasteiger partial charge >= 0.3 is 0 Å². The van der Waals surface area contributed by atoms with Gasteiger partial charge in [0.1, 0.15) is 5.82 Å². The van der Waals surface area contributed by atoms with Gasteiger partial charge in [-0.05, 0) is 82.9 Å². The molecule has 2 fully saturated rings. The van der Waals surface area contributed by atoms with E-state index < -0.39 is 0 Å². The van der Waals surface area contributed by atoms with Crippen molar-refractivity contribution in [2.24, 2.45) is 0 Å². The third kappa shape index (κ3) is 3.65. The third-order valence-electron chi connectivity index (χ3n) is 6.69. The van der Waals surface area contributed by atoms with Crippen LogP contribution in [0.2, 0.25) is 0 Å². The Morgan fingerprint density at radius 2 is 1.71 bits per heavy atom. The number of nitrogens with one attached hydrogen (secondary N) is 1. The number of aryl methyl sites for hydroxylation is 3. The molecule has 2 aromatic heterocycles. The predicted molar refractivity (Wildman–Crippen MR) is 124 cm³/mol. The summed E-state index contributed by atoms with van der Waals surface area (Å²) in [6, 6.07) is 10.9. The molecule has 6 nitrogen and oxygen atoms in total. The van der Waals surface area contributed by atoms with E-state index in [9.17, 15) is 4.79 Å². The minimum absolute atomic E-state index is 0.116. The molecule has 31 heavy (non-hydrogen) atoms. The van der Waals surface area contributed by atoms with Crippen LogP contribution in [-0.4, -0.2) is 43.2 Å². The van der Waals surface area contributed by atoms with Crippen LogP contribution in [0.25, 0.3) is 5.69 Å². The van der Waals surface area contributed by atoms with Crippen molar-refractivity contribution in [2.45, 2.75) is 58.4 Å². The minimum atomic E-state index is 0.116. The van der Waals surface area contributed by atoms with Crippen molar-refractivity contribution in [1.29, 1.82) is 0 Å². The summed E-state index contributed by atoms with van der Waals surface area (Å²) < 4.78 is 5.12. The number of piperidine rings is 1. The van der Waals surface area contributed by atoms with Crippen LogP contribution in [-0.2, 0) is 0 Å². The van der Waals surface area contributed by atoms with Crippen molar-refractivity contribution in [1.82, 2.24) is 24.2 Å². The number of aromatic nitrogens is 4. The molecular weight excluding hydrogens is 406 g/mol. The van der Waals surface area contributed by atoms with Gasteiger partial charge < -0.3 is 14.0 Å². The summed E-state index contributed by atoms with van der Waals surface area (Å²) in [5.41, 5.74) is 5.12. The van der Waals surface area contributed by atoms with Gasteiger partial charge in [-0.25, -0.2) is 0 Å². The molecule has 1 aromatic carbocycles. The molecule has 3 aromatic rings. The lowest BCUT2D eigenvalue weighted by Crippen LogP contribution is -2.39. The molecule has 162 valence electrons. The van der Waals surface area contributed by atoms with E-state index in [2.05, 4.69) is 57.4 Å². The molecule has 2 aliphatic rings. The van der Waals surface area contributed by atoms with Crippen LogP contribution in [0.3, 0.4) is 0 Å². The fraction of sp³-hybridized carbons (Fsp3) is 0.458. The van der Waals surface area contributed by atoms with Crippen molar-refractivity contribution in [3.63, 3.8) is 0 Å². The first kappa shape index (κ1) is 20.2. The summed E-state index contributed by atoms with van der Waals surface area (Å²) in [5, 5.41) is 7.53. The molecule has 1 aliphatic carbocycles. The smallest absolute Gasteiger partial charge is 0.255 e. The topological polar surface area (TPSA) is 58.9 Å². The van der Waals surface area contributed by atoms with Crippen LogP contribution in [0.15, 0.2) is 30.3 Å². The highest BCUT2D eigenvalue weighted by atomic mass is 32.1. The molecule has 7 heteroatoms. The highest BCUT2D eigenvalue weighted by molar-refractivity contribution is 7.71. The van der Waals surface area contributed by atoms with Crippen LogP contribution in [0.5, 0.6) is 0 Å². The van der Waals surface area contributed by atoms with Gasteiger partial charge in [0, 0.05) is 36.4 Å². The van der Waals surface area contributed by atoms with E-state index in [1.165, 1.54) is 12.8 Å². The second-order valence-corrected chi connectivity index (χ2v) is 9.41. The van der Waals surface area contributed by atoms with Crippen molar-refractivity contribution < 1.29 is 4.79 Å². The molecule has 0 atom stereocenters. The number of carbonyl (C=O) groups is 1. The van der Waals surface area contributed by atoms with E-state index >= 15 is 0 Å². The summed E-state index contributed by atoms with van der Waals surface area (Å²) >= 11 is 5.45. The zero-order valence-electron chi connectivity index (χ0n) is 18.4. The van der Waals surface area contributed by atoms with Crippen molar-refractivity contribution >= 4 is 18.1 Å². The lowest BCUT2D eigenvalue weighted by atomic mass is 9.95. The highest BCUT2D eigenvalue weighted by Gasteiger charge is 2.33. The zero-order chi connectivity index (χ0) is 21.7. The average molecular weight is 436 g/mol. The normalized spacial score (nSPS) is 17.3. The molecule has 1 saturated carbocycles. The molecule has 1 aliphatic heterocycles. The SMILES string of the molecule is Cc1ccc(-n2c(C)ccc2C)c(C(=O)N2CCC(c3n[nH]c(=S)n3C3CC3)CC2)c1. The maximum atomic E-state index is 13.6. The second kappa shape index (κ2) is 7.79. The Hall–Kier alpha value is -2.67. The number of aromatic amines is 1. The third-order valence-corrected chi connectivity index (χ3v) is 6.97. The van der Waals surface area contributed by atoms with E-state index in [4.69, 9.17) is 12.2 Å². The molecule has 0 radical (unpaired) electrons. The van der Waals surface area contributed by atoms with Gasteiger partial charge in [0.15, 0.2) is 4.77 Å². The van der Waals surface area contributed by atoms with E-state index in [0.717, 1.165) is 64.7 Å². The molecule has 1 saturated heterocycles. The number of H-pyrrole nitrogens is 1. The van der Waals surface area contributed by atoms with E-state index in [-0.39, 0.29) is 5.91 Å². The van der Waals surface area contributed by atoms with Gasteiger partial charge in [0.05, 0.1) is 11.3 Å². The first-order chi connectivity index (χ1) is 14.9. The predicted octanol–water partition coefficient (Wildman–Crippen LogP) is 5.01. The van der Waals surface area contributed by atoms with Crippen LogP contribution >= 0.6 is 12.2 Å². The molecule has 1 amide bonds. The minimum Gasteiger partial charge on any atom is -0.339 e. The summed E-state index contributed by atoms with van der Waals surface area (Å²) in [6.45, 7) is 7.69. The van der Waals surface area contributed by atoms with E-state index in [0.29, 0.717) is 12.0 Å². The Morgan fingerprint density at radius 3 is 2.35 bits per heavy atom. The van der Waals surface area contributed by atoms with Gasteiger partial charge in [-0.3, -0.25) is 9.89 Å². The maximum absolute atomic E-state index is 13.6. The molecule has 1 N–H and O–H groups in total. The summed E-state index contributed by atoms with van der Waals surface area (Å²) in [5.74, 6) is 1.55. The first-order valence-corrected chi connectivity index (χ1v) is 11.6. The van der Waals surface area contributed by atoms with Gasteiger partial charge in [-0.2, -0.15) is 5.10 Å². The van der Waals surface area contributed by atoms with E-state index in [1.54, 1.807) is 0 Å². The van der Waals surface area contributed by atoms with Crippen molar-refractivity contribution in [3.8, 4) is 5.69 Å². The van der Waals surface area contributed by atoms with Gasteiger partial charge in [0.2, 0.25) is 0 Å². The van der Waals surface area contributed by atoms with Crippen LogP contribution in [0, 0.1) is 25.5 Å². The highest BCUT2D eigenvalue weighted by Crippen LogP contribution is 2.39. The van der Waals surface area contributed by atoms with Crippen molar-refractivity contribution in [2.75, 3.05) is 13.1 Å². The molecule has 0 bridgehead atoms. The standard InChI is InChI=1S/C24H29N5OS/c1-15-4-9-21(28-16(2)5-6-17(28)3)20(14-15)23(30)27-12-10-18(11-13-27)22-25-26-24(31)29(22)19-7-8-19/h4-6,9,14,18-19H,7-8,10-13H2,1-3H3,(H,26,31). The van der Waals surface area contributed by atoms with Gasteiger partial charge in [-0.15, -0.1) is 0 Å². The molecular formula is C24H29N5OS. The largest absolute Gasteiger partial charge is 0.339 e. The van der Waals surface area contributed by atoms with Crippen LogP contribution in [0.4, 0.5) is 0 Å². The number of amides is 1. The number of hydrogen-bond acceptors (Lipinski definition) is 3. The lowest BCUT2D eigenvalue weighted by molar-refractivity contribution is 0.0710. The number of rotatable bonds is 4. The monoisotopic (exact) mass is 435 g/mol. The number of carbonyl (C=O) groups excluding carboxylic acids is 1. The molecule has 5 rings (SSSR count). The molecule has 0 spiro atoms. The Balaban J connectivity index is 1.38. The van der Waals surface area contributed by atoms with Gasteiger partial charge in [0.25, 0.3) is 5.91 Å². The number of benzene rings is 1. The number of hydrogen-bond donors (Lipinski definition) is 1. The quantitative estimate of drug-likeness (QED) is 0.586. The molecule has 0 unspecified atom stereocenters. The fourth-order valence-corrected chi connectivity index (χ4v) is 5.15. The number of likely N-dealkylation sites (tertiary alicyclic amines) is 1. The van der Waals surface area contributed by atoms with Gasteiger partial charge in [-0.1, -0.05) is 11.6 Å². The Bertz CT molecular complexity index is 1170. The lowest BCUT2D eigenvalue weighted by Gasteiger charge is -2.32. The fourth-order valence-electron chi connectivity index (χ4n) is 4.87.